The lowest BCUT2D eigenvalue weighted by Gasteiger charge is -2.36. The van der Waals surface area contributed by atoms with E-state index in [-0.39, 0.29) is 30.2 Å². The fourth-order valence-electron chi connectivity index (χ4n) is 2.58. The first-order chi connectivity index (χ1) is 9.13. The normalized spacial score (nSPS) is 18.6. The molecule has 0 aliphatic carbocycles. The fourth-order valence-corrected chi connectivity index (χ4v) is 2.99. The molecule has 0 bridgehead atoms. The van der Waals surface area contributed by atoms with E-state index in [2.05, 4.69) is 15.9 Å². The van der Waals surface area contributed by atoms with E-state index in [9.17, 15) is 9.18 Å². The van der Waals surface area contributed by atoms with E-state index in [1.807, 2.05) is 4.90 Å². The molecule has 0 spiro atoms. The molecule has 1 aromatic carbocycles. The first-order valence-electron chi connectivity index (χ1n) is 6.59. The number of likely N-dealkylation sites (tertiary alicyclic amines) is 1. The van der Waals surface area contributed by atoms with Crippen LogP contribution in [0, 0.1) is 5.82 Å². The Morgan fingerprint density at radius 2 is 2.20 bits per heavy atom. The van der Waals surface area contributed by atoms with E-state index in [1.165, 1.54) is 12.1 Å². The van der Waals surface area contributed by atoms with Gasteiger partial charge in [0.05, 0.1) is 5.56 Å². The second kappa shape index (κ2) is 7.96. The Morgan fingerprint density at radius 1 is 1.45 bits per heavy atom. The Labute approximate surface area is 133 Å². The smallest absolute Gasteiger partial charge is 0.255 e. The largest absolute Gasteiger partial charge is 0.336 e. The minimum absolute atomic E-state index is 0. The molecular weight excluding hydrogens is 347 g/mol. The highest BCUT2D eigenvalue weighted by Gasteiger charge is 2.28. The van der Waals surface area contributed by atoms with Gasteiger partial charge in [-0.15, -0.1) is 12.4 Å². The van der Waals surface area contributed by atoms with Crippen molar-refractivity contribution >= 4 is 34.2 Å². The van der Waals surface area contributed by atoms with Gasteiger partial charge in [-0.25, -0.2) is 4.39 Å². The van der Waals surface area contributed by atoms with Crippen molar-refractivity contribution in [1.29, 1.82) is 0 Å². The first-order valence-corrected chi connectivity index (χ1v) is 7.39. The van der Waals surface area contributed by atoms with Crippen molar-refractivity contribution in [2.45, 2.75) is 31.7 Å². The van der Waals surface area contributed by atoms with Gasteiger partial charge in [0.25, 0.3) is 5.91 Å². The summed E-state index contributed by atoms with van der Waals surface area (Å²) < 4.78 is 13.9. The average molecular weight is 366 g/mol. The number of piperidine rings is 1. The predicted molar refractivity (Wildman–Crippen MR) is 83.7 cm³/mol. The molecule has 1 atom stereocenters. The highest BCUT2D eigenvalue weighted by molar-refractivity contribution is 9.10. The minimum atomic E-state index is -0.390. The molecule has 112 valence electrons. The molecule has 1 aromatic rings. The number of amides is 1. The van der Waals surface area contributed by atoms with Crippen LogP contribution in [0.3, 0.4) is 0 Å². The molecule has 6 heteroatoms. The Balaban J connectivity index is 0.00000200. The Hall–Kier alpha value is -0.650. The zero-order valence-electron chi connectivity index (χ0n) is 11.1. The van der Waals surface area contributed by atoms with Crippen molar-refractivity contribution in [2.75, 3.05) is 13.1 Å². The van der Waals surface area contributed by atoms with Gasteiger partial charge in [0.15, 0.2) is 0 Å². The van der Waals surface area contributed by atoms with Gasteiger partial charge in [-0.05, 0) is 66.4 Å². The van der Waals surface area contributed by atoms with Crippen molar-refractivity contribution < 1.29 is 9.18 Å². The number of nitrogens with zero attached hydrogens (tertiary/aromatic N) is 1. The van der Waals surface area contributed by atoms with Crippen LogP contribution in [0.2, 0.25) is 0 Å². The van der Waals surface area contributed by atoms with E-state index >= 15 is 0 Å². The number of carbonyl (C=O) groups is 1. The Kier molecular flexibility index (Phi) is 6.92. The molecule has 2 N–H and O–H groups in total. The van der Waals surface area contributed by atoms with Gasteiger partial charge >= 0.3 is 0 Å². The van der Waals surface area contributed by atoms with Crippen molar-refractivity contribution in [3.05, 3.63) is 34.1 Å². The molecule has 0 saturated carbocycles. The molecule has 1 saturated heterocycles. The van der Waals surface area contributed by atoms with Crippen molar-refractivity contribution in [3.63, 3.8) is 0 Å². The monoisotopic (exact) mass is 364 g/mol. The molecule has 2 rings (SSSR count). The van der Waals surface area contributed by atoms with Crippen LogP contribution in [0.25, 0.3) is 0 Å². The summed E-state index contributed by atoms with van der Waals surface area (Å²) in [4.78, 5) is 14.4. The van der Waals surface area contributed by atoms with Crippen LogP contribution in [0.1, 0.15) is 36.0 Å². The number of nitrogens with two attached hydrogens (primary N) is 1. The van der Waals surface area contributed by atoms with E-state index in [0.29, 0.717) is 16.6 Å². The van der Waals surface area contributed by atoms with Crippen molar-refractivity contribution in [1.82, 2.24) is 4.90 Å². The number of hydrogen-bond acceptors (Lipinski definition) is 2. The summed E-state index contributed by atoms with van der Waals surface area (Å²) in [5.74, 6) is -0.497. The summed E-state index contributed by atoms with van der Waals surface area (Å²) >= 11 is 3.32. The van der Waals surface area contributed by atoms with Crippen LogP contribution in [-0.2, 0) is 0 Å². The molecule has 0 aromatic heterocycles. The topological polar surface area (TPSA) is 46.3 Å². The molecule has 1 aliphatic rings. The zero-order valence-corrected chi connectivity index (χ0v) is 13.6. The number of hydrogen-bond donors (Lipinski definition) is 1. The van der Waals surface area contributed by atoms with E-state index in [1.54, 1.807) is 6.07 Å². The molecular formula is C14H19BrClFN2O. The maximum Gasteiger partial charge on any atom is 0.255 e. The van der Waals surface area contributed by atoms with Gasteiger partial charge < -0.3 is 10.6 Å². The molecule has 20 heavy (non-hydrogen) atoms. The van der Waals surface area contributed by atoms with Gasteiger partial charge in [-0.2, -0.15) is 0 Å². The van der Waals surface area contributed by atoms with Crippen molar-refractivity contribution in [2.24, 2.45) is 5.73 Å². The molecule has 1 heterocycles. The van der Waals surface area contributed by atoms with Gasteiger partial charge in [-0.3, -0.25) is 4.79 Å². The maximum absolute atomic E-state index is 13.3. The summed E-state index contributed by atoms with van der Waals surface area (Å²) in [6.07, 6.45) is 3.91. The van der Waals surface area contributed by atoms with Gasteiger partial charge in [-0.1, -0.05) is 0 Å². The minimum Gasteiger partial charge on any atom is -0.336 e. The Morgan fingerprint density at radius 3 is 2.90 bits per heavy atom. The van der Waals surface area contributed by atoms with E-state index in [4.69, 9.17) is 5.73 Å². The third-order valence-corrected chi connectivity index (χ3v) is 4.24. The lowest BCUT2D eigenvalue weighted by molar-refractivity contribution is 0.0603. The maximum atomic E-state index is 13.3. The van der Waals surface area contributed by atoms with Gasteiger partial charge in [0, 0.05) is 17.1 Å². The van der Waals surface area contributed by atoms with Crippen LogP contribution in [0.4, 0.5) is 4.39 Å². The standard InChI is InChI=1S/C14H18BrFN2O.ClH/c15-13-5-4-10(16)9-12(13)14(19)18-8-2-1-3-11(18)6-7-17;/h4-5,9,11H,1-3,6-8,17H2;1H. The summed E-state index contributed by atoms with van der Waals surface area (Å²) in [5.41, 5.74) is 6.00. The van der Waals surface area contributed by atoms with E-state index in [0.717, 1.165) is 32.2 Å². The van der Waals surface area contributed by atoms with Crippen LogP contribution in [0.5, 0.6) is 0 Å². The van der Waals surface area contributed by atoms with Crippen LogP contribution in [0.15, 0.2) is 22.7 Å². The number of benzene rings is 1. The second-order valence-corrected chi connectivity index (χ2v) is 5.70. The number of halogens is 3. The summed E-state index contributed by atoms with van der Waals surface area (Å²) in [5, 5.41) is 0. The SMILES string of the molecule is Cl.NCCC1CCCCN1C(=O)c1cc(F)ccc1Br. The first kappa shape index (κ1) is 17.4. The molecule has 1 amide bonds. The molecule has 1 aliphatic heterocycles. The zero-order chi connectivity index (χ0) is 13.8. The average Bonchev–Trinajstić information content (AvgIpc) is 2.42. The quantitative estimate of drug-likeness (QED) is 0.893. The predicted octanol–water partition coefficient (Wildman–Crippen LogP) is 3.35. The lowest BCUT2D eigenvalue weighted by Crippen LogP contribution is -2.44. The summed E-state index contributed by atoms with van der Waals surface area (Å²) in [6.45, 7) is 1.30. The van der Waals surface area contributed by atoms with Crippen LogP contribution in [-0.4, -0.2) is 29.9 Å². The highest BCUT2D eigenvalue weighted by Crippen LogP contribution is 2.25. The number of carbonyl (C=O) groups excluding carboxylic acids is 1. The molecule has 0 radical (unpaired) electrons. The van der Waals surface area contributed by atoms with Gasteiger partial charge in [0.2, 0.25) is 0 Å². The van der Waals surface area contributed by atoms with Crippen LogP contribution >= 0.6 is 28.3 Å². The third kappa shape index (κ3) is 3.93. The molecule has 1 fully saturated rings. The fraction of sp³-hybridized carbons (Fsp3) is 0.500. The summed E-state index contributed by atoms with van der Waals surface area (Å²) in [7, 11) is 0. The Bertz CT molecular complexity index is 470. The second-order valence-electron chi connectivity index (χ2n) is 4.85. The van der Waals surface area contributed by atoms with Crippen LogP contribution < -0.4 is 5.73 Å². The third-order valence-electron chi connectivity index (χ3n) is 3.55. The van der Waals surface area contributed by atoms with Gasteiger partial charge in [0.1, 0.15) is 5.82 Å². The van der Waals surface area contributed by atoms with E-state index < -0.39 is 0 Å². The number of rotatable bonds is 3. The lowest BCUT2D eigenvalue weighted by atomic mass is 9.98. The molecule has 3 nitrogen and oxygen atoms in total. The summed E-state index contributed by atoms with van der Waals surface area (Å²) in [6, 6.07) is 4.39. The highest BCUT2D eigenvalue weighted by atomic mass is 79.9. The molecule has 1 unspecified atom stereocenters. The van der Waals surface area contributed by atoms with Crippen molar-refractivity contribution in [3.8, 4) is 0 Å².